The van der Waals surface area contributed by atoms with E-state index in [1.807, 2.05) is 19.9 Å². The molecule has 30 heavy (non-hydrogen) atoms. The Hall–Kier alpha value is -1.96. The van der Waals surface area contributed by atoms with Crippen LogP contribution in [0, 0.1) is 19.8 Å². The highest BCUT2D eigenvalue weighted by Crippen LogP contribution is 2.21. The van der Waals surface area contributed by atoms with Crippen molar-refractivity contribution in [1.29, 1.82) is 0 Å². The molecule has 0 aromatic carbocycles. The first-order chi connectivity index (χ1) is 14.4. The minimum atomic E-state index is -0.257. The highest BCUT2D eigenvalue weighted by molar-refractivity contribution is 6.33. The number of morpholine rings is 1. The Bertz CT molecular complexity index is 859. The number of aryl methyl sites for hydroxylation is 2. The second-order valence-electron chi connectivity index (χ2n) is 7.84. The van der Waals surface area contributed by atoms with Gasteiger partial charge >= 0.3 is 0 Å². The van der Waals surface area contributed by atoms with Gasteiger partial charge in [-0.05, 0) is 38.0 Å². The number of hydrogen-bond donors (Lipinski definition) is 1. The lowest BCUT2D eigenvalue weighted by atomic mass is 9.92. The predicted molar refractivity (Wildman–Crippen MR) is 118 cm³/mol. The molecule has 1 unspecified atom stereocenters. The summed E-state index contributed by atoms with van der Waals surface area (Å²) < 4.78 is 7.23. The molecule has 0 bridgehead atoms. The van der Waals surface area contributed by atoms with Gasteiger partial charge in [-0.25, -0.2) is 9.67 Å². The number of nitrogens with zero attached hydrogens (tertiary/aromatic N) is 4. The molecule has 1 fully saturated rings. The molecule has 3 heterocycles. The lowest BCUT2D eigenvalue weighted by Crippen LogP contribution is -2.52. The zero-order chi connectivity index (χ0) is 21.7. The Kier molecular flexibility index (Phi) is 7.86. The Balaban J connectivity index is 1.76. The van der Waals surface area contributed by atoms with Crippen LogP contribution in [0.15, 0.2) is 18.2 Å². The van der Waals surface area contributed by atoms with E-state index < -0.39 is 0 Å². The summed E-state index contributed by atoms with van der Waals surface area (Å²) in [7, 11) is 0. The molecule has 1 atom stereocenters. The fourth-order valence-corrected chi connectivity index (χ4v) is 4.38. The standard InChI is InChI=1S/C22H32ClN5O2/c1-5-17(6-2)19(27-9-11-30-12-10-27)14-24-22(29)21-18(23)7-8-20(25-21)28-16(4)13-15(3)26-28/h7-8,13,17,19H,5-6,9-12,14H2,1-4H3,(H,24,29). The van der Waals surface area contributed by atoms with Crippen molar-refractivity contribution in [3.63, 3.8) is 0 Å². The highest BCUT2D eigenvalue weighted by atomic mass is 35.5. The van der Waals surface area contributed by atoms with E-state index in [9.17, 15) is 4.79 Å². The van der Waals surface area contributed by atoms with E-state index in [4.69, 9.17) is 16.3 Å². The fourth-order valence-electron chi connectivity index (χ4n) is 4.19. The SMILES string of the molecule is CCC(CC)C(CNC(=O)c1nc(-n2nc(C)cc2C)ccc1Cl)N1CCOCC1. The predicted octanol–water partition coefficient (Wildman–Crippen LogP) is 3.40. The maximum Gasteiger partial charge on any atom is 0.271 e. The summed E-state index contributed by atoms with van der Waals surface area (Å²) in [5, 5.41) is 7.88. The Morgan fingerprint density at radius 2 is 1.93 bits per heavy atom. The number of amides is 1. The molecule has 0 radical (unpaired) electrons. The van der Waals surface area contributed by atoms with Gasteiger partial charge < -0.3 is 10.1 Å². The molecular weight excluding hydrogens is 402 g/mol. The average molecular weight is 434 g/mol. The maximum absolute atomic E-state index is 13.0. The lowest BCUT2D eigenvalue weighted by Gasteiger charge is -2.38. The van der Waals surface area contributed by atoms with Gasteiger partial charge in [-0.1, -0.05) is 38.3 Å². The largest absolute Gasteiger partial charge is 0.379 e. The van der Waals surface area contributed by atoms with Crippen molar-refractivity contribution in [2.75, 3.05) is 32.8 Å². The zero-order valence-electron chi connectivity index (χ0n) is 18.3. The number of carbonyl (C=O) groups excluding carboxylic acids is 1. The van der Waals surface area contributed by atoms with Crippen molar-refractivity contribution in [3.05, 3.63) is 40.3 Å². The molecule has 2 aromatic heterocycles. The van der Waals surface area contributed by atoms with Crippen LogP contribution in [0.25, 0.3) is 5.82 Å². The lowest BCUT2D eigenvalue weighted by molar-refractivity contribution is 0.00190. The Labute approximate surface area is 183 Å². The number of rotatable bonds is 8. The molecule has 164 valence electrons. The van der Waals surface area contributed by atoms with E-state index in [1.165, 1.54) is 0 Å². The number of hydrogen-bond acceptors (Lipinski definition) is 5. The third-order valence-corrected chi connectivity index (χ3v) is 6.16. The minimum Gasteiger partial charge on any atom is -0.379 e. The van der Waals surface area contributed by atoms with E-state index >= 15 is 0 Å². The number of carbonyl (C=O) groups is 1. The van der Waals surface area contributed by atoms with Crippen molar-refractivity contribution in [2.24, 2.45) is 5.92 Å². The molecule has 1 aliphatic rings. The van der Waals surface area contributed by atoms with Gasteiger partial charge in [-0.15, -0.1) is 0 Å². The second-order valence-corrected chi connectivity index (χ2v) is 8.25. The van der Waals surface area contributed by atoms with Gasteiger partial charge in [0.2, 0.25) is 0 Å². The van der Waals surface area contributed by atoms with Crippen molar-refractivity contribution >= 4 is 17.5 Å². The van der Waals surface area contributed by atoms with Crippen molar-refractivity contribution in [3.8, 4) is 5.82 Å². The van der Waals surface area contributed by atoms with Crippen LogP contribution >= 0.6 is 11.6 Å². The third kappa shape index (κ3) is 5.20. The van der Waals surface area contributed by atoms with Crippen LogP contribution in [0.3, 0.4) is 0 Å². The van der Waals surface area contributed by atoms with Gasteiger partial charge in [0.25, 0.3) is 5.91 Å². The molecule has 1 aliphatic heterocycles. The van der Waals surface area contributed by atoms with Crippen LogP contribution in [0.5, 0.6) is 0 Å². The monoisotopic (exact) mass is 433 g/mol. The van der Waals surface area contributed by atoms with Crippen LogP contribution in [-0.4, -0.2) is 64.5 Å². The summed E-state index contributed by atoms with van der Waals surface area (Å²) in [5.74, 6) is 0.834. The summed E-state index contributed by atoms with van der Waals surface area (Å²) in [6.45, 7) is 12.1. The molecule has 1 amide bonds. The minimum absolute atomic E-state index is 0.229. The normalized spacial score (nSPS) is 16.1. The molecular formula is C22H32ClN5O2. The van der Waals surface area contributed by atoms with Crippen LogP contribution in [0.4, 0.5) is 0 Å². The molecule has 3 rings (SSSR count). The van der Waals surface area contributed by atoms with Gasteiger partial charge in [0.15, 0.2) is 5.82 Å². The highest BCUT2D eigenvalue weighted by Gasteiger charge is 2.28. The summed E-state index contributed by atoms with van der Waals surface area (Å²) in [5.41, 5.74) is 2.08. The molecule has 0 spiro atoms. The van der Waals surface area contributed by atoms with Crippen LogP contribution in [0.1, 0.15) is 48.6 Å². The summed E-state index contributed by atoms with van der Waals surface area (Å²) in [6, 6.07) is 5.72. The molecule has 7 nitrogen and oxygen atoms in total. The summed E-state index contributed by atoms with van der Waals surface area (Å²) in [6.07, 6.45) is 2.14. The maximum atomic E-state index is 13.0. The van der Waals surface area contributed by atoms with Crippen LogP contribution < -0.4 is 5.32 Å². The number of halogens is 1. The number of aromatic nitrogens is 3. The van der Waals surface area contributed by atoms with Crippen molar-refractivity contribution in [2.45, 2.75) is 46.6 Å². The van der Waals surface area contributed by atoms with Crippen LogP contribution in [0.2, 0.25) is 5.02 Å². The number of pyridine rings is 1. The van der Waals surface area contributed by atoms with E-state index in [-0.39, 0.29) is 17.6 Å². The zero-order valence-corrected chi connectivity index (χ0v) is 19.1. The Morgan fingerprint density at radius 1 is 1.23 bits per heavy atom. The van der Waals surface area contributed by atoms with Crippen LogP contribution in [-0.2, 0) is 4.74 Å². The second kappa shape index (κ2) is 10.4. The quantitative estimate of drug-likeness (QED) is 0.690. The smallest absolute Gasteiger partial charge is 0.271 e. The summed E-state index contributed by atoms with van der Waals surface area (Å²) >= 11 is 6.32. The van der Waals surface area contributed by atoms with E-state index in [0.29, 0.717) is 23.3 Å². The van der Waals surface area contributed by atoms with Gasteiger partial charge in [-0.3, -0.25) is 9.69 Å². The number of nitrogens with one attached hydrogen (secondary N) is 1. The fraction of sp³-hybridized carbons (Fsp3) is 0.591. The third-order valence-electron chi connectivity index (χ3n) is 5.85. The van der Waals surface area contributed by atoms with Crippen molar-refractivity contribution in [1.82, 2.24) is 25.0 Å². The molecule has 2 aromatic rings. The number of ether oxygens (including phenoxy) is 1. The Morgan fingerprint density at radius 3 is 2.53 bits per heavy atom. The van der Waals surface area contributed by atoms with Gasteiger partial charge in [-0.2, -0.15) is 5.10 Å². The molecule has 0 saturated carbocycles. The van der Waals surface area contributed by atoms with Gasteiger partial charge in [0.1, 0.15) is 5.69 Å². The first-order valence-corrected chi connectivity index (χ1v) is 11.1. The molecule has 1 N–H and O–H groups in total. The van der Waals surface area contributed by atoms with Crippen molar-refractivity contribution < 1.29 is 9.53 Å². The van der Waals surface area contributed by atoms with Gasteiger partial charge in [0, 0.05) is 31.4 Å². The molecule has 1 saturated heterocycles. The average Bonchev–Trinajstić information content (AvgIpc) is 3.09. The van der Waals surface area contributed by atoms with E-state index in [2.05, 4.69) is 34.1 Å². The molecule has 0 aliphatic carbocycles. The van der Waals surface area contributed by atoms with E-state index in [0.717, 1.165) is 50.5 Å². The first-order valence-electron chi connectivity index (χ1n) is 10.7. The topological polar surface area (TPSA) is 72.3 Å². The summed E-state index contributed by atoms with van der Waals surface area (Å²) in [4.78, 5) is 19.9. The first kappa shape index (κ1) is 22.7. The molecule has 8 heteroatoms. The van der Waals surface area contributed by atoms with E-state index in [1.54, 1.807) is 16.8 Å². The van der Waals surface area contributed by atoms with Gasteiger partial charge in [0.05, 0.1) is 23.9 Å².